The van der Waals surface area contributed by atoms with Crippen molar-refractivity contribution in [2.45, 2.75) is 20.8 Å². The first kappa shape index (κ1) is 7.70. The minimum absolute atomic E-state index is 0.0394. The topological polar surface area (TPSA) is 17.1 Å². The molecular formula is C6H9ClO. The second-order valence-corrected chi connectivity index (χ2v) is 2.28. The van der Waals surface area contributed by atoms with Gasteiger partial charge in [0, 0.05) is 10.6 Å². The summed E-state index contributed by atoms with van der Waals surface area (Å²) in [6.45, 7) is 4.92. The molecule has 0 heterocycles. The van der Waals surface area contributed by atoms with Crippen molar-refractivity contribution in [1.82, 2.24) is 0 Å². The lowest BCUT2D eigenvalue weighted by Gasteiger charge is -1.91. The third-order valence-corrected chi connectivity index (χ3v) is 1.33. The van der Waals surface area contributed by atoms with Crippen molar-refractivity contribution in [3.05, 3.63) is 10.6 Å². The van der Waals surface area contributed by atoms with Gasteiger partial charge in [-0.2, -0.15) is 0 Å². The summed E-state index contributed by atoms with van der Waals surface area (Å²) in [4.78, 5) is 10.4. The molecule has 0 N–H and O–H groups in total. The lowest BCUT2D eigenvalue weighted by Crippen LogP contribution is -1.91. The number of ketones is 1. The molecule has 0 atom stereocenters. The summed E-state index contributed by atoms with van der Waals surface area (Å²) in [5.41, 5.74) is 0.645. The zero-order valence-electron chi connectivity index (χ0n) is 5.29. The van der Waals surface area contributed by atoms with E-state index in [0.717, 1.165) is 0 Å². The average molecular weight is 133 g/mol. The molecule has 0 fully saturated rings. The smallest absolute Gasteiger partial charge is 0.156 e. The molecule has 2 heteroatoms. The third-order valence-electron chi connectivity index (χ3n) is 1.04. The van der Waals surface area contributed by atoms with Crippen LogP contribution in [0.1, 0.15) is 20.8 Å². The highest BCUT2D eigenvalue weighted by atomic mass is 35.5. The molecule has 0 saturated carbocycles. The number of rotatable bonds is 1. The largest absolute Gasteiger partial charge is 0.295 e. The van der Waals surface area contributed by atoms with Crippen LogP contribution in [0, 0.1) is 0 Å². The van der Waals surface area contributed by atoms with Crippen LogP contribution in [0.2, 0.25) is 0 Å². The summed E-state index contributed by atoms with van der Waals surface area (Å²) >= 11 is 5.48. The van der Waals surface area contributed by atoms with Crippen LogP contribution in [-0.4, -0.2) is 5.78 Å². The lowest BCUT2D eigenvalue weighted by molar-refractivity contribution is -0.113. The number of Topliss-reactive ketones (excluding diaryl/α,β-unsaturated/α-hetero) is 1. The molecule has 0 unspecified atom stereocenters. The fourth-order valence-electron chi connectivity index (χ4n) is 0.243. The monoisotopic (exact) mass is 132 g/mol. The molecule has 0 rings (SSSR count). The normalized spacial score (nSPS) is 13.0. The van der Waals surface area contributed by atoms with Gasteiger partial charge in [-0.05, 0) is 20.8 Å². The number of carbonyl (C=O) groups is 1. The first-order chi connectivity index (χ1) is 3.55. The van der Waals surface area contributed by atoms with Gasteiger partial charge in [-0.1, -0.05) is 11.6 Å². The van der Waals surface area contributed by atoms with Crippen LogP contribution in [0.4, 0.5) is 0 Å². The third kappa shape index (κ3) is 2.12. The van der Waals surface area contributed by atoms with Gasteiger partial charge >= 0.3 is 0 Å². The Hall–Kier alpha value is -0.300. The molecule has 0 saturated heterocycles. The predicted molar refractivity (Wildman–Crippen MR) is 34.9 cm³/mol. The molecule has 0 aliphatic carbocycles. The zero-order chi connectivity index (χ0) is 6.73. The Balaban J connectivity index is 4.23. The summed E-state index contributed by atoms with van der Waals surface area (Å²) in [6, 6.07) is 0. The molecule has 0 bridgehead atoms. The van der Waals surface area contributed by atoms with Gasteiger partial charge < -0.3 is 0 Å². The van der Waals surface area contributed by atoms with Crippen molar-refractivity contribution >= 4 is 17.4 Å². The van der Waals surface area contributed by atoms with Crippen molar-refractivity contribution in [2.75, 3.05) is 0 Å². The van der Waals surface area contributed by atoms with E-state index in [-0.39, 0.29) is 5.78 Å². The van der Waals surface area contributed by atoms with Gasteiger partial charge in [-0.15, -0.1) is 0 Å². The first-order valence-corrected chi connectivity index (χ1v) is 2.77. The number of halogens is 1. The Morgan fingerprint density at radius 2 is 1.62 bits per heavy atom. The molecule has 8 heavy (non-hydrogen) atoms. The predicted octanol–water partition coefficient (Wildman–Crippen LogP) is 2.11. The number of hydrogen-bond acceptors (Lipinski definition) is 1. The van der Waals surface area contributed by atoms with E-state index in [2.05, 4.69) is 0 Å². The maximum absolute atomic E-state index is 10.4. The van der Waals surface area contributed by atoms with E-state index in [1.165, 1.54) is 6.92 Å². The Bertz CT molecular complexity index is 131. The summed E-state index contributed by atoms with van der Waals surface area (Å²) in [5.74, 6) is 0.0394. The van der Waals surface area contributed by atoms with Crippen molar-refractivity contribution in [3.8, 4) is 0 Å². The van der Waals surface area contributed by atoms with Gasteiger partial charge in [0.25, 0.3) is 0 Å². The van der Waals surface area contributed by atoms with E-state index in [1.54, 1.807) is 13.8 Å². The van der Waals surface area contributed by atoms with Crippen molar-refractivity contribution < 1.29 is 4.79 Å². The van der Waals surface area contributed by atoms with Crippen LogP contribution < -0.4 is 0 Å². The number of allylic oxidation sites excluding steroid dienone is 2. The second-order valence-electron chi connectivity index (χ2n) is 1.71. The molecule has 0 amide bonds. The van der Waals surface area contributed by atoms with Crippen LogP contribution in [0.5, 0.6) is 0 Å². The molecular weight excluding hydrogens is 124 g/mol. The molecule has 0 spiro atoms. The summed E-state index contributed by atoms with van der Waals surface area (Å²) in [7, 11) is 0. The molecule has 0 aromatic heterocycles. The molecule has 0 aromatic rings. The van der Waals surface area contributed by atoms with Crippen LogP contribution in [0.15, 0.2) is 10.6 Å². The standard InChI is InChI=1S/C6H9ClO/c1-4(5(2)7)6(3)8/h1-3H3/b5-4+. The second kappa shape index (κ2) is 2.88. The highest BCUT2D eigenvalue weighted by molar-refractivity contribution is 6.31. The van der Waals surface area contributed by atoms with Crippen LogP contribution in [0.25, 0.3) is 0 Å². The Kier molecular flexibility index (Phi) is 2.77. The minimum Gasteiger partial charge on any atom is -0.295 e. The molecule has 0 aliphatic heterocycles. The molecule has 0 aromatic carbocycles. The number of hydrogen-bond donors (Lipinski definition) is 0. The first-order valence-electron chi connectivity index (χ1n) is 2.39. The summed E-state index contributed by atoms with van der Waals surface area (Å²) in [6.07, 6.45) is 0. The highest BCUT2D eigenvalue weighted by Crippen LogP contribution is 2.07. The Labute approximate surface area is 54.3 Å². The number of carbonyl (C=O) groups excluding carboxylic acids is 1. The van der Waals surface area contributed by atoms with E-state index >= 15 is 0 Å². The van der Waals surface area contributed by atoms with Gasteiger partial charge in [0.05, 0.1) is 0 Å². The Morgan fingerprint density at radius 3 is 1.62 bits per heavy atom. The van der Waals surface area contributed by atoms with Crippen molar-refractivity contribution in [1.29, 1.82) is 0 Å². The van der Waals surface area contributed by atoms with E-state index in [4.69, 9.17) is 11.6 Å². The quantitative estimate of drug-likeness (QED) is 0.500. The highest BCUT2D eigenvalue weighted by Gasteiger charge is 1.97. The zero-order valence-corrected chi connectivity index (χ0v) is 6.04. The van der Waals surface area contributed by atoms with E-state index < -0.39 is 0 Å². The fourth-order valence-corrected chi connectivity index (χ4v) is 0.376. The molecule has 46 valence electrons. The maximum Gasteiger partial charge on any atom is 0.156 e. The summed E-state index contributed by atoms with van der Waals surface area (Å²) in [5, 5.41) is 0.581. The molecule has 0 radical (unpaired) electrons. The van der Waals surface area contributed by atoms with Gasteiger partial charge in [0.2, 0.25) is 0 Å². The van der Waals surface area contributed by atoms with Gasteiger partial charge in [0.1, 0.15) is 0 Å². The van der Waals surface area contributed by atoms with Crippen molar-refractivity contribution in [2.24, 2.45) is 0 Å². The molecule has 1 nitrogen and oxygen atoms in total. The Morgan fingerprint density at radius 1 is 1.25 bits per heavy atom. The van der Waals surface area contributed by atoms with E-state index in [0.29, 0.717) is 10.6 Å². The van der Waals surface area contributed by atoms with Gasteiger partial charge in [-0.25, -0.2) is 0 Å². The maximum atomic E-state index is 10.4. The van der Waals surface area contributed by atoms with Crippen LogP contribution in [0.3, 0.4) is 0 Å². The van der Waals surface area contributed by atoms with E-state index in [9.17, 15) is 4.79 Å². The minimum atomic E-state index is 0.0394. The van der Waals surface area contributed by atoms with Crippen molar-refractivity contribution in [3.63, 3.8) is 0 Å². The van der Waals surface area contributed by atoms with Gasteiger partial charge in [-0.3, -0.25) is 4.79 Å². The average Bonchev–Trinajstić information content (AvgIpc) is 1.64. The van der Waals surface area contributed by atoms with Crippen LogP contribution in [-0.2, 0) is 4.79 Å². The fraction of sp³-hybridized carbons (Fsp3) is 0.500. The van der Waals surface area contributed by atoms with E-state index in [1.807, 2.05) is 0 Å². The lowest BCUT2D eigenvalue weighted by atomic mass is 10.2. The summed E-state index contributed by atoms with van der Waals surface area (Å²) < 4.78 is 0. The SMILES string of the molecule is CC(=O)/C(C)=C(\C)Cl. The molecule has 0 aliphatic rings. The van der Waals surface area contributed by atoms with Crippen LogP contribution >= 0.6 is 11.6 Å². The van der Waals surface area contributed by atoms with Gasteiger partial charge in [0.15, 0.2) is 5.78 Å².